The van der Waals surface area contributed by atoms with Gasteiger partial charge in [-0.15, -0.1) is 0 Å². The van der Waals surface area contributed by atoms with Crippen LogP contribution in [0.1, 0.15) is 25.7 Å². The zero-order chi connectivity index (χ0) is 14.8. The van der Waals surface area contributed by atoms with Crippen LogP contribution in [0, 0.1) is 0 Å². The zero-order valence-corrected chi connectivity index (χ0v) is 12.3. The second-order valence-corrected chi connectivity index (χ2v) is 5.43. The van der Waals surface area contributed by atoms with Gasteiger partial charge in [0, 0.05) is 20.3 Å². The molecule has 0 saturated heterocycles. The Labute approximate surface area is 119 Å². The predicted molar refractivity (Wildman–Crippen MR) is 79.1 cm³/mol. The molecule has 1 aromatic heterocycles. The molecule has 0 unspecified atom stereocenters. The molecule has 3 N–H and O–H groups in total. The van der Waals surface area contributed by atoms with Crippen molar-refractivity contribution in [1.82, 2.24) is 4.98 Å². The summed E-state index contributed by atoms with van der Waals surface area (Å²) in [6.45, 7) is 0. The highest BCUT2D eigenvalue weighted by Crippen LogP contribution is 2.34. The van der Waals surface area contributed by atoms with E-state index in [0.29, 0.717) is 11.6 Å². The molecule has 6 heteroatoms. The molecule has 0 radical (unpaired) electrons. The lowest BCUT2D eigenvalue weighted by Crippen LogP contribution is -2.48. The van der Waals surface area contributed by atoms with Gasteiger partial charge in [-0.05, 0) is 18.9 Å². The topological polar surface area (TPSA) is 80.5 Å². The minimum atomic E-state index is -0.773. The molecule has 20 heavy (non-hydrogen) atoms. The SMILES string of the molecule is COc1nccc(N(C)C)c1NC(=O)C1(N)CCCC1. The highest BCUT2D eigenvalue weighted by Gasteiger charge is 2.37. The molecule has 0 spiro atoms. The van der Waals surface area contributed by atoms with Crippen LogP contribution in [0.25, 0.3) is 0 Å². The molecular weight excluding hydrogens is 256 g/mol. The van der Waals surface area contributed by atoms with Gasteiger partial charge in [-0.2, -0.15) is 0 Å². The van der Waals surface area contributed by atoms with E-state index in [1.165, 1.54) is 7.11 Å². The van der Waals surface area contributed by atoms with Crippen molar-refractivity contribution in [2.75, 3.05) is 31.4 Å². The van der Waals surface area contributed by atoms with Gasteiger partial charge >= 0.3 is 0 Å². The van der Waals surface area contributed by atoms with Gasteiger partial charge in [0.1, 0.15) is 5.69 Å². The summed E-state index contributed by atoms with van der Waals surface area (Å²) in [6.07, 6.45) is 5.08. The number of ether oxygens (including phenoxy) is 1. The van der Waals surface area contributed by atoms with Crippen LogP contribution in [0.4, 0.5) is 11.4 Å². The molecule has 1 fully saturated rings. The van der Waals surface area contributed by atoms with Gasteiger partial charge in [-0.25, -0.2) is 4.98 Å². The van der Waals surface area contributed by atoms with Crippen molar-refractivity contribution in [3.8, 4) is 5.88 Å². The first-order valence-corrected chi connectivity index (χ1v) is 6.78. The molecule has 1 heterocycles. The lowest BCUT2D eigenvalue weighted by atomic mass is 9.98. The van der Waals surface area contributed by atoms with Gasteiger partial charge in [0.25, 0.3) is 0 Å². The monoisotopic (exact) mass is 278 g/mol. The lowest BCUT2D eigenvalue weighted by molar-refractivity contribution is -0.121. The van der Waals surface area contributed by atoms with Crippen LogP contribution in [0.3, 0.4) is 0 Å². The largest absolute Gasteiger partial charge is 0.479 e. The Balaban J connectivity index is 2.30. The number of carbonyl (C=O) groups excluding carboxylic acids is 1. The Morgan fingerprint density at radius 2 is 2.10 bits per heavy atom. The third-order valence-corrected chi connectivity index (χ3v) is 3.76. The Hall–Kier alpha value is -1.82. The third-order valence-electron chi connectivity index (χ3n) is 3.76. The second kappa shape index (κ2) is 5.66. The number of carbonyl (C=O) groups is 1. The molecule has 0 aromatic carbocycles. The number of rotatable bonds is 4. The first-order valence-electron chi connectivity index (χ1n) is 6.78. The average molecular weight is 278 g/mol. The first-order chi connectivity index (χ1) is 9.48. The number of nitrogens with one attached hydrogen (secondary N) is 1. The highest BCUT2D eigenvalue weighted by molar-refractivity contribution is 6.01. The Morgan fingerprint density at radius 3 is 2.65 bits per heavy atom. The Morgan fingerprint density at radius 1 is 1.45 bits per heavy atom. The maximum absolute atomic E-state index is 12.4. The van der Waals surface area contributed by atoms with Crippen molar-refractivity contribution >= 4 is 17.3 Å². The highest BCUT2D eigenvalue weighted by atomic mass is 16.5. The fraction of sp³-hybridized carbons (Fsp3) is 0.571. The number of nitrogens with two attached hydrogens (primary N) is 1. The number of methoxy groups -OCH3 is 1. The number of nitrogens with zero attached hydrogens (tertiary/aromatic N) is 2. The van der Waals surface area contributed by atoms with E-state index >= 15 is 0 Å². The molecular formula is C14H22N4O2. The Bertz CT molecular complexity index is 496. The number of pyridine rings is 1. The number of aromatic nitrogens is 1. The summed E-state index contributed by atoms with van der Waals surface area (Å²) in [5, 5.41) is 2.90. The molecule has 1 aliphatic rings. The summed E-state index contributed by atoms with van der Waals surface area (Å²) in [6, 6.07) is 1.83. The molecule has 1 aromatic rings. The molecule has 0 atom stereocenters. The number of anilines is 2. The van der Waals surface area contributed by atoms with E-state index in [9.17, 15) is 4.79 Å². The van der Waals surface area contributed by atoms with Crippen LogP contribution in [0.5, 0.6) is 5.88 Å². The fourth-order valence-corrected chi connectivity index (χ4v) is 2.55. The van der Waals surface area contributed by atoms with E-state index in [-0.39, 0.29) is 5.91 Å². The van der Waals surface area contributed by atoms with Gasteiger partial charge in [0.05, 0.1) is 18.3 Å². The zero-order valence-electron chi connectivity index (χ0n) is 12.3. The molecule has 1 saturated carbocycles. The summed E-state index contributed by atoms with van der Waals surface area (Å²) in [5.41, 5.74) is 6.82. The van der Waals surface area contributed by atoms with E-state index in [2.05, 4.69) is 10.3 Å². The van der Waals surface area contributed by atoms with E-state index in [1.807, 2.05) is 25.1 Å². The van der Waals surface area contributed by atoms with Gasteiger partial charge in [0.15, 0.2) is 0 Å². The van der Waals surface area contributed by atoms with E-state index in [0.717, 1.165) is 31.4 Å². The molecule has 110 valence electrons. The summed E-state index contributed by atoms with van der Waals surface area (Å²) >= 11 is 0. The molecule has 1 amide bonds. The molecule has 0 aliphatic heterocycles. The van der Waals surface area contributed by atoms with Crippen LogP contribution in [-0.4, -0.2) is 37.6 Å². The summed E-state index contributed by atoms with van der Waals surface area (Å²) in [5.74, 6) is 0.232. The molecule has 6 nitrogen and oxygen atoms in total. The average Bonchev–Trinajstić information content (AvgIpc) is 2.87. The van der Waals surface area contributed by atoms with Gasteiger partial charge in [-0.3, -0.25) is 4.79 Å². The molecule has 0 bridgehead atoms. The maximum atomic E-state index is 12.4. The van der Waals surface area contributed by atoms with Gasteiger partial charge in [0.2, 0.25) is 11.8 Å². The smallest absolute Gasteiger partial charge is 0.244 e. The Kier molecular flexibility index (Phi) is 4.13. The van der Waals surface area contributed by atoms with Crippen molar-refractivity contribution in [1.29, 1.82) is 0 Å². The van der Waals surface area contributed by atoms with Gasteiger partial charge < -0.3 is 20.7 Å². The second-order valence-electron chi connectivity index (χ2n) is 5.43. The van der Waals surface area contributed by atoms with Crippen molar-refractivity contribution in [3.05, 3.63) is 12.3 Å². The number of hydrogen-bond acceptors (Lipinski definition) is 5. The number of hydrogen-bond donors (Lipinski definition) is 2. The van der Waals surface area contributed by atoms with Gasteiger partial charge in [-0.1, -0.05) is 12.8 Å². The van der Waals surface area contributed by atoms with Crippen molar-refractivity contribution in [3.63, 3.8) is 0 Å². The number of amides is 1. The summed E-state index contributed by atoms with van der Waals surface area (Å²) in [7, 11) is 5.33. The van der Waals surface area contributed by atoms with Crippen LogP contribution in [0.2, 0.25) is 0 Å². The minimum Gasteiger partial charge on any atom is -0.479 e. The predicted octanol–water partition coefficient (Wildman–Crippen LogP) is 1.37. The molecule has 2 rings (SSSR count). The lowest BCUT2D eigenvalue weighted by Gasteiger charge is -2.25. The van der Waals surface area contributed by atoms with Crippen molar-refractivity contribution in [2.24, 2.45) is 5.73 Å². The first kappa shape index (κ1) is 14.6. The summed E-state index contributed by atoms with van der Waals surface area (Å²) in [4.78, 5) is 18.5. The van der Waals surface area contributed by atoms with Crippen LogP contribution >= 0.6 is 0 Å². The quantitative estimate of drug-likeness (QED) is 0.869. The van der Waals surface area contributed by atoms with E-state index < -0.39 is 5.54 Å². The maximum Gasteiger partial charge on any atom is 0.244 e. The normalized spacial score (nSPS) is 16.8. The molecule has 1 aliphatic carbocycles. The standard InChI is InChI=1S/C14H22N4O2/c1-18(2)10-6-9-16-12(20-3)11(10)17-13(19)14(15)7-4-5-8-14/h6,9H,4-5,7-8,15H2,1-3H3,(H,17,19). The van der Waals surface area contributed by atoms with Crippen LogP contribution < -0.4 is 20.7 Å². The van der Waals surface area contributed by atoms with E-state index in [4.69, 9.17) is 10.5 Å². The fourth-order valence-electron chi connectivity index (χ4n) is 2.55. The third kappa shape index (κ3) is 2.70. The van der Waals surface area contributed by atoms with Crippen molar-refractivity contribution in [2.45, 2.75) is 31.2 Å². The summed E-state index contributed by atoms with van der Waals surface area (Å²) < 4.78 is 5.24. The van der Waals surface area contributed by atoms with Crippen LogP contribution in [-0.2, 0) is 4.79 Å². The van der Waals surface area contributed by atoms with E-state index in [1.54, 1.807) is 6.20 Å². The van der Waals surface area contributed by atoms with Crippen LogP contribution in [0.15, 0.2) is 12.3 Å². The minimum absolute atomic E-state index is 0.163. The van der Waals surface area contributed by atoms with Crippen molar-refractivity contribution < 1.29 is 9.53 Å².